The fourth-order valence-electron chi connectivity index (χ4n) is 2.70. The minimum Gasteiger partial charge on any atom is -0.508 e. The van der Waals surface area contributed by atoms with Crippen molar-refractivity contribution < 1.29 is 9.84 Å². The lowest BCUT2D eigenvalue weighted by molar-refractivity contribution is 0.271. The number of ether oxygens (including phenoxy) is 1. The molecule has 2 aromatic rings. The van der Waals surface area contributed by atoms with E-state index in [1.165, 1.54) is 0 Å². The van der Waals surface area contributed by atoms with Gasteiger partial charge in [-0.25, -0.2) is 0 Å². The van der Waals surface area contributed by atoms with Gasteiger partial charge in [-0.1, -0.05) is 24.3 Å². The van der Waals surface area contributed by atoms with Crippen LogP contribution in [0.5, 0.6) is 11.5 Å². The summed E-state index contributed by atoms with van der Waals surface area (Å²) in [4.78, 5) is 2.32. The van der Waals surface area contributed by atoms with Crippen LogP contribution in [0.4, 0.5) is 5.69 Å². The van der Waals surface area contributed by atoms with Crippen molar-refractivity contribution in [2.75, 3.05) is 38.2 Å². The Morgan fingerprint density at radius 1 is 1.04 bits per heavy atom. The van der Waals surface area contributed by atoms with Gasteiger partial charge in [0.1, 0.15) is 11.5 Å². The Hall–Kier alpha value is -2.69. The van der Waals surface area contributed by atoms with Gasteiger partial charge in [0, 0.05) is 13.1 Å². The summed E-state index contributed by atoms with van der Waals surface area (Å²) in [6, 6.07) is 15.2. The molecular formula is C18H21N3O2. The fourth-order valence-corrected chi connectivity index (χ4v) is 2.70. The molecule has 0 atom stereocenters. The zero-order valence-electron chi connectivity index (χ0n) is 13.2. The van der Waals surface area contributed by atoms with E-state index in [4.69, 9.17) is 4.74 Å². The Labute approximate surface area is 136 Å². The SMILES string of the molecule is COc1ccccc1N1CCN(/N=C\c2cccc(O)c2)CC1. The molecule has 5 heteroatoms. The lowest BCUT2D eigenvalue weighted by Gasteiger charge is -2.35. The van der Waals surface area contributed by atoms with Gasteiger partial charge in [0.25, 0.3) is 0 Å². The molecule has 1 heterocycles. The molecule has 1 saturated heterocycles. The summed E-state index contributed by atoms with van der Waals surface area (Å²) < 4.78 is 5.43. The summed E-state index contributed by atoms with van der Waals surface area (Å²) in [5, 5.41) is 16.0. The van der Waals surface area contributed by atoms with Crippen LogP contribution in [0.2, 0.25) is 0 Å². The van der Waals surface area contributed by atoms with Crippen LogP contribution in [0.15, 0.2) is 53.6 Å². The molecule has 2 aromatic carbocycles. The number of piperazine rings is 1. The minimum absolute atomic E-state index is 0.259. The molecule has 1 N–H and O–H groups in total. The molecule has 1 aliphatic heterocycles. The van der Waals surface area contributed by atoms with Gasteiger partial charge in [0.2, 0.25) is 0 Å². The van der Waals surface area contributed by atoms with Crippen molar-refractivity contribution >= 4 is 11.9 Å². The predicted octanol–water partition coefficient (Wildman–Crippen LogP) is 2.56. The van der Waals surface area contributed by atoms with Crippen molar-refractivity contribution in [3.63, 3.8) is 0 Å². The summed E-state index contributed by atoms with van der Waals surface area (Å²) in [7, 11) is 1.70. The summed E-state index contributed by atoms with van der Waals surface area (Å²) in [5.41, 5.74) is 2.03. The molecule has 0 saturated carbocycles. The van der Waals surface area contributed by atoms with E-state index in [1.807, 2.05) is 30.3 Å². The first-order valence-corrected chi connectivity index (χ1v) is 7.72. The predicted molar refractivity (Wildman–Crippen MR) is 92.5 cm³/mol. The van der Waals surface area contributed by atoms with E-state index < -0.39 is 0 Å². The Bertz CT molecular complexity index is 679. The number of anilines is 1. The normalized spacial score (nSPS) is 15.2. The number of methoxy groups -OCH3 is 1. The number of para-hydroxylation sites is 2. The number of hydrazone groups is 1. The number of aromatic hydroxyl groups is 1. The van der Waals surface area contributed by atoms with Crippen LogP contribution in [0.3, 0.4) is 0 Å². The largest absolute Gasteiger partial charge is 0.508 e. The Balaban J connectivity index is 1.60. The molecular weight excluding hydrogens is 290 g/mol. The Morgan fingerprint density at radius 2 is 1.83 bits per heavy atom. The second-order valence-electron chi connectivity index (χ2n) is 5.45. The zero-order chi connectivity index (χ0) is 16.1. The lowest BCUT2D eigenvalue weighted by atomic mass is 10.2. The highest BCUT2D eigenvalue weighted by Gasteiger charge is 2.18. The first-order valence-electron chi connectivity index (χ1n) is 7.72. The minimum atomic E-state index is 0.259. The molecule has 0 spiro atoms. The number of benzene rings is 2. The molecule has 3 rings (SSSR count). The number of rotatable bonds is 4. The van der Waals surface area contributed by atoms with E-state index in [9.17, 15) is 5.11 Å². The highest BCUT2D eigenvalue weighted by molar-refractivity contribution is 5.79. The van der Waals surface area contributed by atoms with Crippen molar-refractivity contribution in [3.8, 4) is 11.5 Å². The summed E-state index contributed by atoms with van der Waals surface area (Å²) in [5.74, 6) is 1.17. The molecule has 0 radical (unpaired) electrons. The third-order valence-corrected chi connectivity index (χ3v) is 3.92. The van der Waals surface area contributed by atoms with E-state index in [-0.39, 0.29) is 5.75 Å². The van der Waals surface area contributed by atoms with Crippen molar-refractivity contribution in [1.29, 1.82) is 0 Å². The van der Waals surface area contributed by atoms with Gasteiger partial charge in [-0.05, 0) is 29.8 Å². The maximum atomic E-state index is 9.47. The van der Waals surface area contributed by atoms with Crippen molar-refractivity contribution in [2.45, 2.75) is 0 Å². The van der Waals surface area contributed by atoms with Gasteiger partial charge in [-0.3, -0.25) is 5.01 Å². The third kappa shape index (κ3) is 3.74. The molecule has 5 nitrogen and oxygen atoms in total. The summed E-state index contributed by atoms with van der Waals surface area (Å²) in [6.07, 6.45) is 1.79. The molecule has 1 aliphatic rings. The summed E-state index contributed by atoms with van der Waals surface area (Å²) in [6.45, 7) is 3.51. The molecule has 120 valence electrons. The van der Waals surface area contributed by atoms with Crippen LogP contribution in [-0.2, 0) is 0 Å². The number of phenolic OH excluding ortho intramolecular Hbond substituents is 1. The molecule has 23 heavy (non-hydrogen) atoms. The average Bonchev–Trinajstić information content (AvgIpc) is 2.60. The van der Waals surface area contributed by atoms with Gasteiger partial charge in [-0.2, -0.15) is 5.10 Å². The van der Waals surface area contributed by atoms with Crippen molar-refractivity contribution in [1.82, 2.24) is 5.01 Å². The van der Waals surface area contributed by atoms with Gasteiger partial charge in [-0.15, -0.1) is 0 Å². The zero-order valence-corrected chi connectivity index (χ0v) is 13.2. The second-order valence-corrected chi connectivity index (χ2v) is 5.45. The number of hydrogen-bond donors (Lipinski definition) is 1. The van der Waals surface area contributed by atoms with Crippen LogP contribution in [0, 0.1) is 0 Å². The van der Waals surface area contributed by atoms with Crippen molar-refractivity contribution in [3.05, 3.63) is 54.1 Å². The van der Waals surface area contributed by atoms with Crippen LogP contribution < -0.4 is 9.64 Å². The average molecular weight is 311 g/mol. The fraction of sp³-hybridized carbons (Fsp3) is 0.278. The highest BCUT2D eigenvalue weighted by Crippen LogP contribution is 2.28. The monoisotopic (exact) mass is 311 g/mol. The Morgan fingerprint density at radius 3 is 2.57 bits per heavy atom. The van der Waals surface area contributed by atoms with Gasteiger partial charge in [0.05, 0.1) is 32.1 Å². The van der Waals surface area contributed by atoms with E-state index >= 15 is 0 Å². The van der Waals surface area contributed by atoms with Crippen LogP contribution >= 0.6 is 0 Å². The molecule has 0 unspecified atom stereocenters. The van der Waals surface area contributed by atoms with E-state index in [0.29, 0.717) is 0 Å². The molecule has 0 aliphatic carbocycles. The molecule has 0 bridgehead atoms. The third-order valence-electron chi connectivity index (χ3n) is 3.92. The molecule has 0 amide bonds. The van der Waals surface area contributed by atoms with Crippen LogP contribution in [-0.4, -0.2) is 49.6 Å². The number of phenols is 1. The van der Waals surface area contributed by atoms with E-state index in [1.54, 1.807) is 25.5 Å². The molecule has 1 fully saturated rings. The first kappa shape index (κ1) is 15.2. The van der Waals surface area contributed by atoms with Gasteiger partial charge >= 0.3 is 0 Å². The van der Waals surface area contributed by atoms with Crippen molar-refractivity contribution in [2.24, 2.45) is 5.10 Å². The maximum absolute atomic E-state index is 9.47. The smallest absolute Gasteiger partial charge is 0.142 e. The first-order chi connectivity index (χ1) is 11.3. The molecule has 0 aromatic heterocycles. The number of hydrogen-bond acceptors (Lipinski definition) is 5. The van der Waals surface area contributed by atoms with Gasteiger partial charge < -0.3 is 14.7 Å². The van der Waals surface area contributed by atoms with Crippen LogP contribution in [0.25, 0.3) is 0 Å². The van der Waals surface area contributed by atoms with Gasteiger partial charge in [0.15, 0.2) is 0 Å². The topological polar surface area (TPSA) is 48.3 Å². The van der Waals surface area contributed by atoms with E-state index in [2.05, 4.69) is 21.1 Å². The van der Waals surface area contributed by atoms with E-state index in [0.717, 1.165) is 43.2 Å². The maximum Gasteiger partial charge on any atom is 0.142 e. The van der Waals surface area contributed by atoms with Crippen LogP contribution in [0.1, 0.15) is 5.56 Å². The Kier molecular flexibility index (Phi) is 4.66. The standard InChI is InChI=1S/C18H21N3O2/c1-23-18-8-3-2-7-17(18)20-9-11-21(12-10-20)19-14-15-5-4-6-16(22)13-15/h2-8,13-14,22H,9-12H2,1H3/b19-14-. The summed E-state index contributed by atoms with van der Waals surface area (Å²) >= 11 is 0. The highest BCUT2D eigenvalue weighted by atomic mass is 16.5. The number of nitrogens with zero attached hydrogens (tertiary/aromatic N) is 3. The quantitative estimate of drug-likeness (QED) is 0.882. The lowest BCUT2D eigenvalue weighted by Crippen LogP contribution is -2.44. The second kappa shape index (κ2) is 7.05.